The molecule has 0 amide bonds. The standard InChI is InChI=1S/C16H16N2O3/c1-19-15-9-13(18)14(10-16(15)20-2)21-12-5-3-11(4-6-12)7-8-17/h3-6,9-10H,7,18H2,1-2H3. The van der Waals surface area contributed by atoms with Crippen LogP contribution in [0.1, 0.15) is 5.56 Å². The average Bonchev–Trinajstić information content (AvgIpc) is 2.51. The average molecular weight is 284 g/mol. The van der Waals surface area contributed by atoms with Gasteiger partial charge in [-0.15, -0.1) is 0 Å². The Hall–Kier alpha value is -2.87. The largest absolute Gasteiger partial charge is 0.493 e. The van der Waals surface area contributed by atoms with Crippen molar-refractivity contribution >= 4 is 5.69 Å². The highest BCUT2D eigenvalue weighted by atomic mass is 16.5. The predicted octanol–water partition coefficient (Wildman–Crippen LogP) is 3.14. The third-order valence-corrected chi connectivity index (χ3v) is 2.95. The summed E-state index contributed by atoms with van der Waals surface area (Å²) in [4.78, 5) is 0. The van der Waals surface area contributed by atoms with E-state index in [9.17, 15) is 0 Å². The molecular formula is C16H16N2O3. The summed E-state index contributed by atoms with van der Waals surface area (Å²) in [6, 6.07) is 12.7. The topological polar surface area (TPSA) is 77.5 Å². The normalized spacial score (nSPS) is 9.76. The number of methoxy groups -OCH3 is 2. The molecule has 5 heteroatoms. The lowest BCUT2D eigenvalue weighted by molar-refractivity contribution is 0.352. The zero-order chi connectivity index (χ0) is 15.2. The number of anilines is 1. The monoisotopic (exact) mass is 284 g/mol. The number of nitriles is 1. The molecule has 0 radical (unpaired) electrons. The summed E-state index contributed by atoms with van der Waals surface area (Å²) >= 11 is 0. The van der Waals surface area contributed by atoms with E-state index in [-0.39, 0.29) is 0 Å². The molecule has 0 saturated heterocycles. The zero-order valence-electron chi connectivity index (χ0n) is 11.9. The SMILES string of the molecule is COc1cc(N)c(Oc2ccc(CC#N)cc2)cc1OC. The molecule has 0 aliphatic rings. The van der Waals surface area contributed by atoms with Crippen LogP contribution in [0.15, 0.2) is 36.4 Å². The van der Waals surface area contributed by atoms with Crippen molar-refractivity contribution < 1.29 is 14.2 Å². The summed E-state index contributed by atoms with van der Waals surface area (Å²) in [6.07, 6.45) is 0.374. The summed E-state index contributed by atoms with van der Waals surface area (Å²) in [6.45, 7) is 0. The first-order valence-corrected chi connectivity index (χ1v) is 6.33. The highest BCUT2D eigenvalue weighted by Gasteiger charge is 2.11. The second-order valence-electron chi connectivity index (χ2n) is 4.33. The van der Waals surface area contributed by atoms with Crippen LogP contribution in [0.5, 0.6) is 23.0 Å². The van der Waals surface area contributed by atoms with E-state index in [0.29, 0.717) is 35.1 Å². The number of benzene rings is 2. The smallest absolute Gasteiger partial charge is 0.164 e. The Morgan fingerprint density at radius 1 is 1.00 bits per heavy atom. The van der Waals surface area contributed by atoms with E-state index >= 15 is 0 Å². The van der Waals surface area contributed by atoms with Gasteiger partial charge in [-0.25, -0.2) is 0 Å². The minimum atomic E-state index is 0.374. The number of rotatable bonds is 5. The van der Waals surface area contributed by atoms with Crippen molar-refractivity contribution in [1.82, 2.24) is 0 Å². The van der Waals surface area contributed by atoms with Crippen LogP contribution in [0.4, 0.5) is 5.69 Å². The summed E-state index contributed by atoms with van der Waals surface area (Å²) in [7, 11) is 3.10. The Balaban J connectivity index is 2.24. The molecule has 0 heterocycles. The van der Waals surface area contributed by atoms with Crippen LogP contribution in [0.3, 0.4) is 0 Å². The van der Waals surface area contributed by atoms with Gasteiger partial charge in [0.2, 0.25) is 0 Å². The van der Waals surface area contributed by atoms with Crippen molar-refractivity contribution in [2.45, 2.75) is 6.42 Å². The summed E-state index contributed by atoms with van der Waals surface area (Å²) in [5.74, 6) is 2.21. The molecule has 108 valence electrons. The van der Waals surface area contributed by atoms with Crippen LogP contribution in [0.2, 0.25) is 0 Å². The Morgan fingerprint density at radius 3 is 2.19 bits per heavy atom. The maximum absolute atomic E-state index is 8.64. The maximum atomic E-state index is 8.64. The molecule has 0 saturated carbocycles. The van der Waals surface area contributed by atoms with Crippen LogP contribution < -0.4 is 19.9 Å². The van der Waals surface area contributed by atoms with Gasteiger partial charge in [-0.2, -0.15) is 5.26 Å². The molecule has 2 N–H and O–H groups in total. The molecule has 2 aromatic carbocycles. The number of ether oxygens (including phenoxy) is 3. The fourth-order valence-corrected chi connectivity index (χ4v) is 1.86. The van der Waals surface area contributed by atoms with Crippen molar-refractivity contribution in [1.29, 1.82) is 5.26 Å². The predicted molar refractivity (Wildman–Crippen MR) is 79.8 cm³/mol. The van der Waals surface area contributed by atoms with Crippen LogP contribution in [0.25, 0.3) is 0 Å². The molecule has 0 atom stereocenters. The third-order valence-electron chi connectivity index (χ3n) is 2.95. The van der Waals surface area contributed by atoms with Gasteiger partial charge < -0.3 is 19.9 Å². The number of nitrogens with zero attached hydrogens (tertiary/aromatic N) is 1. The molecule has 0 aliphatic heterocycles. The number of nitrogen functional groups attached to an aromatic ring is 1. The van der Waals surface area contributed by atoms with E-state index in [1.54, 1.807) is 38.5 Å². The van der Waals surface area contributed by atoms with Crippen molar-refractivity contribution in [3.63, 3.8) is 0 Å². The number of hydrogen-bond donors (Lipinski definition) is 1. The molecule has 0 aliphatic carbocycles. The van der Waals surface area contributed by atoms with Crippen LogP contribution in [-0.4, -0.2) is 14.2 Å². The Bertz CT molecular complexity index is 660. The zero-order valence-corrected chi connectivity index (χ0v) is 11.9. The first kappa shape index (κ1) is 14.5. The van der Waals surface area contributed by atoms with E-state index < -0.39 is 0 Å². The molecule has 21 heavy (non-hydrogen) atoms. The maximum Gasteiger partial charge on any atom is 0.164 e. The fraction of sp³-hybridized carbons (Fsp3) is 0.188. The minimum absolute atomic E-state index is 0.374. The molecule has 0 spiro atoms. The Labute approximate surface area is 123 Å². The van der Waals surface area contributed by atoms with Crippen molar-refractivity contribution in [3.05, 3.63) is 42.0 Å². The van der Waals surface area contributed by atoms with Gasteiger partial charge in [0.1, 0.15) is 5.75 Å². The third kappa shape index (κ3) is 3.37. The molecule has 0 bridgehead atoms. The molecular weight excluding hydrogens is 268 g/mol. The van der Waals surface area contributed by atoms with Crippen molar-refractivity contribution in [2.75, 3.05) is 20.0 Å². The second-order valence-corrected chi connectivity index (χ2v) is 4.33. The van der Waals surface area contributed by atoms with Crippen molar-refractivity contribution in [2.24, 2.45) is 0 Å². The second kappa shape index (κ2) is 6.53. The summed E-state index contributed by atoms with van der Waals surface area (Å²) < 4.78 is 16.1. The Kier molecular flexibility index (Phi) is 4.52. The van der Waals surface area contributed by atoms with Gasteiger partial charge in [0.15, 0.2) is 17.2 Å². The Morgan fingerprint density at radius 2 is 1.62 bits per heavy atom. The first-order valence-electron chi connectivity index (χ1n) is 6.33. The van der Waals surface area contributed by atoms with Crippen LogP contribution in [0, 0.1) is 11.3 Å². The summed E-state index contributed by atoms with van der Waals surface area (Å²) in [5, 5.41) is 8.64. The molecule has 0 aromatic heterocycles. The van der Waals surface area contributed by atoms with E-state index in [1.807, 2.05) is 12.1 Å². The minimum Gasteiger partial charge on any atom is -0.493 e. The molecule has 2 aromatic rings. The van der Waals surface area contributed by atoms with Crippen molar-refractivity contribution in [3.8, 4) is 29.1 Å². The lowest BCUT2D eigenvalue weighted by atomic mass is 10.1. The lowest BCUT2D eigenvalue weighted by Gasteiger charge is -2.13. The van der Waals surface area contributed by atoms with E-state index in [2.05, 4.69) is 6.07 Å². The van der Waals surface area contributed by atoms with Gasteiger partial charge in [-0.3, -0.25) is 0 Å². The van der Waals surface area contributed by atoms with Crippen LogP contribution in [-0.2, 0) is 6.42 Å². The quantitative estimate of drug-likeness (QED) is 0.853. The van der Waals surface area contributed by atoms with E-state index in [1.165, 1.54) is 0 Å². The molecule has 5 nitrogen and oxygen atoms in total. The highest BCUT2D eigenvalue weighted by Crippen LogP contribution is 2.38. The van der Waals surface area contributed by atoms with Gasteiger partial charge in [0.05, 0.1) is 32.4 Å². The number of nitrogens with two attached hydrogens (primary N) is 1. The van der Waals surface area contributed by atoms with E-state index in [0.717, 1.165) is 5.56 Å². The van der Waals surface area contributed by atoms with Gasteiger partial charge in [0.25, 0.3) is 0 Å². The molecule has 2 rings (SSSR count). The number of hydrogen-bond acceptors (Lipinski definition) is 5. The van der Waals surface area contributed by atoms with Gasteiger partial charge in [-0.1, -0.05) is 12.1 Å². The fourth-order valence-electron chi connectivity index (χ4n) is 1.86. The highest BCUT2D eigenvalue weighted by molar-refractivity contribution is 5.62. The van der Waals surface area contributed by atoms with Crippen LogP contribution >= 0.6 is 0 Å². The van der Waals surface area contributed by atoms with Gasteiger partial charge >= 0.3 is 0 Å². The van der Waals surface area contributed by atoms with Gasteiger partial charge in [0, 0.05) is 12.1 Å². The first-order chi connectivity index (χ1) is 10.2. The van der Waals surface area contributed by atoms with E-state index in [4.69, 9.17) is 25.2 Å². The van der Waals surface area contributed by atoms with Gasteiger partial charge in [-0.05, 0) is 17.7 Å². The molecule has 0 fully saturated rings. The summed E-state index contributed by atoms with van der Waals surface area (Å²) in [5.41, 5.74) is 7.33. The molecule has 0 unspecified atom stereocenters. The lowest BCUT2D eigenvalue weighted by Crippen LogP contribution is -1.97.